The quantitative estimate of drug-likeness (QED) is 0.807. The molecular weight excluding hydrogens is 288 g/mol. The average Bonchev–Trinajstić information content (AvgIpc) is 2.28. The fraction of sp³-hybridized carbons (Fsp3) is 0.455. The summed E-state index contributed by atoms with van der Waals surface area (Å²) in [5.74, 6) is 0.354. The van der Waals surface area contributed by atoms with Crippen LogP contribution >= 0.6 is 15.9 Å². The number of hydrogen-bond acceptors (Lipinski definition) is 4. The largest absolute Gasteiger partial charge is 0.481 e. The molecule has 1 rings (SSSR count). The summed E-state index contributed by atoms with van der Waals surface area (Å²) in [6.07, 6.45) is 1.64. The zero-order chi connectivity index (χ0) is 12.7. The van der Waals surface area contributed by atoms with Gasteiger partial charge in [-0.2, -0.15) is 0 Å². The molecule has 0 aliphatic carbocycles. The van der Waals surface area contributed by atoms with Gasteiger partial charge in [-0.15, -0.1) is 0 Å². The topological polar surface area (TPSA) is 60.5 Å². The molecule has 5 nitrogen and oxygen atoms in total. The fourth-order valence-corrected chi connectivity index (χ4v) is 1.60. The molecule has 0 bridgehead atoms. The van der Waals surface area contributed by atoms with Crippen molar-refractivity contribution in [2.75, 3.05) is 20.3 Å². The van der Waals surface area contributed by atoms with Crippen LogP contribution in [0, 0.1) is 0 Å². The summed E-state index contributed by atoms with van der Waals surface area (Å²) in [6, 6.07) is 3.45. The molecule has 17 heavy (non-hydrogen) atoms. The molecule has 0 saturated carbocycles. The van der Waals surface area contributed by atoms with Crippen LogP contribution in [0.5, 0.6) is 5.75 Å². The number of halogens is 1. The lowest BCUT2D eigenvalue weighted by Gasteiger charge is -2.13. The molecule has 0 aliphatic heterocycles. The van der Waals surface area contributed by atoms with Crippen molar-refractivity contribution >= 4 is 21.8 Å². The third kappa shape index (κ3) is 5.14. The van der Waals surface area contributed by atoms with E-state index in [0.717, 1.165) is 0 Å². The van der Waals surface area contributed by atoms with Gasteiger partial charge in [-0.3, -0.25) is 4.79 Å². The van der Waals surface area contributed by atoms with Gasteiger partial charge in [-0.1, -0.05) is 0 Å². The number of carbonyl (C=O) groups excluding carboxylic acids is 1. The van der Waals surface area contributed by atoms with Gasteiger partial charge in [0.2, 0.25) is 0 Å². The van der Waals surface area contributed by atoms with E-state index < -0.39 is 0 Å². The van der Waals surface area contributed by atoms with Gasteiger partial charge in [0.15, 0.2) is 12.4 Å². The van der Waals surface area contributed by atoms with E-state index in [1.165, 1.54) is 0 Å². The van der Waals surface area contributed by atoms with E-state index in [4.69, 9.17) is 9.47 Å². The molecule has 1 heterocycles. The lowest BCUT2D eigenvalue weighted by molar-refractivity contribution is -0.124. The molecule has 1 aromatic heterocycles. The first-order chi connectivity index (χ1) is 8.13. The molecular formula is C11H15BrN2O3. The van der Waals surface area contributed by atoms with E-state index in [-0.39, 0.29) is 18.6 Å². The van der Waals surface area contributed by atoms with Crippen LogP contribution in [0.15, 0.2) is 22.9 Å². The number of amides is 1. The van der Waals surface area contributed by atoms with Crippen LogP contribution in [0.4, 0.5) is 0 Å². The SMILES string of the molecule is COCC(C)NC(=O)COc1cccnc1Br. The van der Waals surface area contributed by atoms with E-state index in [0.29, 0.717) is 17.0 Å². The minimum atomic E-state index is -0.190. The van der Waals surface area contributed by atoms with Crippen molar-refractivity contribution in [3.63, 3.8) is 0 Å². The normalized spacial score (nSPS) is 11.9. The smallest absolute Gasteiger partial charge is 0.258 e. The number of ether oxygens (including phenoxy) is 2. The molecule has 1 unspecified atom stereocenters. The first-order valence-electron chi connectivity index (χ1n) is 5.15. The molecule has 0 aromatic carbocycles. The summed E-state index contributed by atoms with van der Waals surface area (Å²) >= 11 is 3.23. The highest BCUT2D eigenvalue weighted by molar-refractivity contribution is 9.10. The van der Waals surface area contributed by atoms with Crippen LogP contribution in [0.2, 0.25) is 0 Å². The zero-order valence-corrected chi connectivity index (χ0v) is 11.4. The molecule has 0 radical (unpaired) electrons. The van der Waals surface area contributed by atoms with E-state index in [1.54, 1.807) is 25.4 Å². The number of carbonyl (C=O) groups is 1. The Morgan fingerprint density at radius 1 is 1.65 bits per heavy atom. The highest BCUT2D eigenvalue weighted by Crippen LogP contribution is 2.20. The average molecular weight is 303 g/mol. The molecule has 1 N–H and O–H groups in total. The third-order valence-corrected chi connectivity index (χ3v) is 2.50. The summed E-state index contributed by atoms with van der Waals surface area (Å²) in [5.41, 5.74) is 0. The predicted molar refractivity (Wildman–Crippen MR) is 66.9 cm³/mol. The lowest BCUT2D eigenvalue weighted by atomic mass is 10.3. The lowest BCUT2D eigenvalue weighted by Crippen LogP contribution is -2.38. The highest BCUT2D eigenvalue weighted by Gasteiger charge is 2.08. The Kier molecular flexibility index (Phi) is 5.93. The molecule has 0 fully saturated rings. The molecule has 1 amide bonds. The van der Waals surface area contributed by atoms with Gasteiger partial charge < -0.3 is 14.8 Å². The Bertz CT molecular complexity index is 373. The van der Waals surface area contributed by atoms with Gasteiger partial charge in [-0.25, -0.2) is 4.98 Å². The second-order valence-electron chi connectivity index (χ2n) is 3.50. The van der Waals surface area contributed by atoms with E-state index >= 15 is 0 Å². The van der Waals surface area contributed by atoms with Gasteiger partial charge in [0.1, 0.15) is 4.60 Å². The van der Waals surface area contributed by atoms with Crippen LogP contribution in [-0.4, -0.2) is 37.3 Å². The number of methoxy groups -OCH3 is 1. The zero-order valence-electron chi connectivity index (χ0n) is 9.77. The standard InChI is InChI=1S/C11H15BrN2O3/c1-8(6-16-2)14-10(15)7-17-9-4-3-5-13-11(9)12/h3-5,8H,6-7H2,1-2H3,(H,14,15). The Morgan fingerprint density at radius 2 is 2.41 bits per heavy atom. The van der Waals surface area contributed by atoms with Gasteiger partial charge in [0.25, 0.3) is 5.91 Å². The molecule has 0 aliphatic rings. The van der Waals surface area contributed by atoms with Gasteiger partial charge >= 0.3 is 0 Å². The van der Waals surface area contributed by atoms with Crippen molar-refractivity contribution in [2.24, 2.45) is 0 Å². The summed E-state index contributed by atoms with van der Waals surface area (Å²) in [7, 11) is 1.59. The van der Waals surface area contributed by atoms with Crippen molar-refractivity contribution in [3.8, 4) is 5.75 Å². The van der Waals surface area contributed by atoms with E-state index in [1.807, 2.05) is 6.92 Å². The Hall–Kier alpha value is -1.14. The van der Waals surface area contributed by atoms with Gasteiger partial charge in [-0.05, 0) is 35.0 Å². The monoisotopic (exact) mass is 302 g/mol. The summed E-state index contributed by atoms with van der Waals surface area (Å²) < 4.78 is 10.8. The first kappa shape index (κ1) is 13.9. The van der Waals surface area contributed by atoms with Crippen LogP contribution in [0.1, 0.15) is 6.92 Å². The third-order valence-electron chi connectivity index (χ3n) is 1.91. The fourth-order valence-electron chi connectivity index (χ4n) is 1.23. The molecule has 0 spiro atoms. The second kappa shape index (κ2) is 7.24. The van der Waals surface area contributed by atoms with Crippen LogP contribution in [-0.2, 0) is 9.53 Å². The maximum Gasteiger partial charge on any atom is 0.258 e. The van der Waals surface area contributed by atoms with Crippen molar-refractivity contribution in [1.82, 2.24) is 10.3 Å². The second-order valence-corrected chi connectivity index (χ2v) is 4.26. The number of nitrogens with one attached hydrogen (secondary N) is 1. The number of rotatable bonds is 6. The Balaban J connectivity index is 2.36. The highest BCUT2D eigenvalue weighted by atomic mass is 79.9. The molecule has 6 heteroatoms. The van der Waals surface area contributed by atoms with Gasteiger partial charge in [0, 0.05) is 19.3 Å². The minimum Gasteiger partial charge on any atom is -0.481 e. The molecule has 94 valence electrons. The van der Waals surface area contributed by atoms with E-state index in [9.17, 15) is 4.79 Å². The van der Waals surface area contributed by atoms with Crippen molar-refractivity contribution < 1.29 is 14.3 Å². The predicted octanol–water partition coefficient (Wildman–Crippen LogP) is 1.37. The van der Waals surface area contributed by atoms with Crippen LogP contribution in [0.25, 0.3) is 0 Å². The van der Waals surface area contributed by atoms with Crippen LogP contribution in [0.3, 0.4) is 0 Å². The summed E-state index contributed by atoms with van der Waals surface area (Å²) in [5, 5.41) is 2.75. The number of nitrogens with zero attached hydrogens (tertiary/aromatic N) is 1. The number of aromatic nitrogens is 1. The maximum atomic E-state index is 11.5. The maximum absolute atomic E-state index is 11.5. The van der Waals surface area contributed by atoms with Gasteiger partial charge in [0.05, 0.1) is 6.61 Å². The van der Waals surface area contributed by atoms with Crippen molar-refractivity contribution in [3.05, 3.63) is 22.9 Å². The van der Waals surface area contributed by atoms with E-state index in [2.05, 4.69) is 26.2 Å². The summed E-state index contributed by atoms with van der Waals surface area (Å²) in [6.45, 7) is 2.29. The number of pyridine rings is 1. The molecule has 1 atom stereocenters. The van der Waals surface area contributed by atoms with Crippen LogP contribution < -0.4 is 10.1 Å². The number of hydrogen-bond donors (Lipinski definition) is 1. The first-order valence-corrected chi connectivity index (χ1v) is 5.94. The minimum absolute atomic E-state index is 0.0339. The summed E-state index contributed by atoms with van der Waals surface area (Å²) in [4.78, 5) is 15.5. The van der Waals surface area contributed by atoms with Crippen molar-refractivity contribution in [1.29, 1.82) is 0 Å². The Labute approximate surface area is 109 Å². The Morgan fingerprint density at radius 3 is 3.06 bits per heavy atom. The van der Waals surface area contributed by atoms with Crippen molar-refractivity contribution in [2.45, 2.75) is 13.0 Å². The molecule has 1 aromatic rings. The molecule has 0 saturated heterocycles.